The normalized spacial score (nSPS) is 14.7. The summed E-state index contributed by atoms with van der Waals surface area (Å²) in [6.45, 7) is 0.666. The molecule has 8 nitrogen and oxygen atoms in total. The lowest BCUT2D eigenvalue weighted by Gasteiger charge is -2.38. The number of benzene rings is 2. The van der Waals surface area contributed by atoms with Gasteiger partial charge in [-0.15, -0.1) is 0 Å². The fraction of sp³-hybridized carbons (Fsp3) is 0.158. The number of H-pyrrole nitrogens is 1. The van der Waals surface area contributed by atoms with Crippen LogP contribution in [-0.4, -0.2) is 43.2 Å². The monoisotopic (exact) mass is 398 g/mol. The zero-order valence-corrected chi connectivity index (χ0v) is 15.6. The number of nitrogens with zero attached hydrogens (tertiary/aromatic N) is 1. The predicted molar refractivity (Wildman–Crippen MR) is 104 cm³/mol. The first-order valence-electron chi connectivity index (χ1n) is 8.62. The van der Waals surface area contributed by atoms with E-state index in [1.807, 2.05) is 24.3 Å². The molecule has 0 spiro atoms. The molecule has 1 fully saturated rings. The standard InChI is InChI=1S/C19H18N4O4S/c20-28(26,27)14-7-5-13(6-8-14)22-18(24)12-10-23(11-12)19(25)16-9-21-17-4-2-1-3-15(16)17/h1-9,12,21H,10-11H2,(H,22,24)(H2,20,26,27). The Morgan fingerprint density at radius 2 is 1.75 bits per heavy atom. The van der Waals surface area contributed by atoms with Gasteiger partial charge in [-0.25, -0.2) is 13.6 Å². The number of para-hydroxylation sites is 1. The Morgan fingerprint density at radius 3 is 2.43 bits per heavy atom. The third kappa shape index (κ3) is 3.37. The number of likely N-dealkylation sites (tertiary alicyclic amines) is 1. The van der Waals surface area contributed by atoms with Gasteiger partial charge in [-0.3, -0.25) is 9.59 Å². The van der Waals surface area contributed by atoms with Crippen LogP contribution in [0.4, 0.5) is 5.69 Å². The van der Waals surface area contributed by atoms with Crippen molar-refractivity contribution in [3.63, 3.8) is 0 Å². The number of hydrogen-bond acceptors (Lipinski definition) is 4. The van der Waals surface area contributed by atoms with E-state index in [4.69, 9.17) is 5.14 Å². The smallest absolute Gasteiger partial charge is 0.256 e. The number of hydrogen-bond donors (Lipinski definition) is 3. The van der Waals surface area contributed by atoms with Gasteiger partial charge in [0.2, 0.25) is 15.9 Å². The topological polar surface area (TPSA) is 125 Å². The van der Waals surface area contributed by atoms with Crippen molar-refractivity contribution < 1.29 is 18.0 Å². The van der Waals surface area contributed by atoms with Crippen LogP contribution in [0.1, 0.15) is 10.4 Å². The van der Waals surface area contributed by atoms with Crippen molar-refractivity contribution in [1.29, 1.82) is 0 Å². The summed E-state index contributed by atoms with van der Waals surface area (Å²) in [6, 6.07) is 13.2. The molecule has 0 radical (unpaired) electrons. The van der Waals surface area contributed by atoms with Crippen LogP contribution in [0.5, 0.6) is 0 Å². The van der Waals surface area contributed by atoms with E-state index in [1.165, 1.54) is 24.3 Å². The van der Waals surface area contributed by atoms with Crippen molar-refractivity contribution in [3.05, 3.63) is 60.3 Å². The van der Waals surface area contributed by atoms with Crippen LogP contribution in [0, 0.1) is 5.92 Å². The van der Waals surface area contributed by atoms with Gasteiger partial charge in [0.25, 0.3) is 5.91 Å². The second-order valence-corrected chi connectivity index (χ2v) is 8.28. The maximum Gasteiger partial charge on any atom is 0.256 e. The molecular weight excluding hydrogens is 380 g/mol. The molecule has 2 amide bonds. The van der Waals surface area contributed by atoms with Crippen LogP contribution in [0.15, 0.2) is 59.6 Å². The fourth-order valence-corrected chi connectivity index (χ4v) is 3.72. The van der Waals surface area contributed by atoms with Crippen molar-refractivity contribution >= 4 is 38.4 Å². The Balaban J connectivity index is 1.37. The van der Waals surface area contributed by atoms with Crippen LogP contribution in [0.3, 0.4) is 0 Å². The molecule has 1 saturated heterocycles. The van der Waals surface area contributed by atoms with Crippen molar-refractivity contribution in [2.24, 2.45) is 11.1 Å². The van der Waals surface area contributed by atoms with Gasteiger partial charge in [-0.1, -0.05) is 18.2 Å². The lowest BCUT2D eigenvalue weighted by molar-refractivity contribution is -0.123. The van der Waals surface area contributed by atoms with Gasteiger partial charge < -0.3 is 15.2 Å². The van der Waals surface area contributed by atoms with E-state index in [-0.39, 0.29) is 22.6 Å². The van der Waals surface area contributed by atoms with E-state index in [1.54, 1.807) is 11.1 Å². The Morgan fingerprint density at radius 1 is 1.07 bits per heavy atom. The number of nitrogens with one attached hydrogen (secondary N) is 2. The Labute approximate surface area is 161 Å². The third-order valence-electron chi connectivity index (χ3n) is 4.81. The molecule has 9 heteroatoms. The molecule has 4 N–H and O–H groups in total. The number of carbonyl (C=O) groups is 2. The molecule has 3 aromatic rings. The minimum atomic E-state index is -3.77. The average molecular weight is 398 g/mol. The zero-order valence-electron chi connectivity index (χ0n) is 14.8. The van der Waals surface area contributed by atoms with E-state index < -0.39 is 10.0 Å². The fourth-order valence-electron chi connectivity index (χ4n) is 3.20. The highest BCUT2D eigenvalue weighted by Gasteiger charge is 2.36. The molecule has 28 heavy (non-hydrogen) atoms. The number of amides is 2. The Hall–Kier alpha value is -3.17. The van der Waals surface area contributed by atoms with Crippen molar-refractivity contribution in [2.75, 3.05) is 18.4 Å². The van der Waals surface area contributed by atoms with Crippen LogP contribution >= 0.6 is 0 Å². The van der Waals surface area contributed by atoms with Crippen LogP contribution in [0.25, 0.3) is 10.9 Å². The van der Waals surface area contributed by atoms with Crippen molar-refractivity contribution in [2.45, 2.75) is 4.90 Å². The van der Waals surface area contributed by atoms with Crippen LogP contribution in [-0.2, 0) is 14.8 Å². The number of fused-ring (bicyclic) bond motifs is 1. The van der Waals surface area contributed by atoms with Crippen LogP contribution in [0.2, 0.25) is 0 Å². The number of nitrogens with two attached hydrogens (primary N) is 1. The molecule has 4 rings (SSSR count). The molecular formula is C19H18N4O4S. The van der Waals surface area contributed by atoms with Crippen molar-refractivity contribution in [1.82, 2.24) is 9.88 Å². The number of rotatable bonds is 4. The summed E-state index contributed by atoms with van der Waals surface area (Å²) in [6.07, 6.45) is 1.69. The average Bonchev–Trinajstić information content (AvgIpc) is 3.04. The molecule has 0 aliphatic carbocycles. The van der Waals surface area contributed by atoms with Gasteiger partial charge in [0.1, 0.15) is 0 Å². The van der Waals surface area contributed by atoms with Gasteiger partial charge in [-0.2, -0.15) is 0 Å². The quantitative estimate of drug-likeness (QED) is 0.616. The summed E-state index contributed by atoms with van der Waals surface area (Å²) < 4.78 is 22.5. The molecule has 1 aromatic heterocycles. The number of primary sulfonamides is 1. The van der Waals surface area contributed by atoms with E-state index in [0.29, 0.717) is 24.3 Å². The maximum atomic E-state index is 12.7. The largest absolute Gasteiger partial charge is 0.360 e. The molecule has 2 heterocycles. The lowest BCUT2D eigenvalue weighted by Crippen LogP contribution is -2.54. The first kappa shape index (κ1) is 18.2. The summed E-state index contributed by atoms with van der Waals surface area (Å²) in [5.74, 6) is -0.641. The SMILES string of the molecule is NS(=O)(=O)c1ccc(NC(=O)C2CN(C(=O)c3c[nH]c4ccccc34)C2)cc1. The van der Waals surface area contributed by atoms with Crippen LogP contribution < -0.4 is 10.5 Å². The summed E-state index contributed by atoms with van der Waals surface area (Å²) in [5.41, 5.74) is 1.95. The molecule has 0 bridgehead atoms. The molecule has 144 valence electrons. The molecule has 1 aliphatic rings. The summed E-state index contributed by atoms with van der Waals surface area (Å²) in [5, 5.41) is 8.64. The zero-order chi connectivity index (χ0) is 19.9. The minimum absolute atomic E-state index is 0.0235. The summed E-state index contributed by atoms with van der Waals surface area (Å²) in [7, 11) is -3.77. The summed E-state index contributed by atoms with van der Waals surface area (Å²) in [4.78, 5) is 29.7. The third-order valence-corrected chi connectivity index (χ3v) is 5.74. The van der Waals surface area contributed by atoms with Crippen molar-refractivity contribution in [3.8, 4) is 0 Å². The van der Waals surface area contributed by atoms with E-state index in [2.05, 4.69) is 10.3 Å². The summed E-state index contributed by atoms with van der Waals surface area (Å²) >= 11 is 0. The van der Waals surface area contributed by atoms with Gasteiger partial charge in [0, 0.05) is 35.9 Å². The Kier molecular flexibility index (Phi) is 4.40. The van der Waals surface area contributed by atoms with E-state index in [9.17, 15) is 18.0 Å². The Bertz CT molecular complexity index is 1160. The molecule has 0 unspecified atom stereocenters. The molecule has 0 saturated carbocycles. The van der Waals surface area contributed by atoms with Gasteiger partial charge >= 0.3 is 0 Å². The maximum absolute atomic E-state index is 12.7. The molecule has 1 aliphatic heterocycles. The first-order chi connectivity index (χ1) is 13.3. The van der Waals surface area contributed by atoms with Gasteiger partial charge in [0.05, 0.1) is 16.4 Å². The highest BCUT2D eigenvalue weighted by atomic mass is 32.2. The first-order valence-corrected chi connectivity index (χ1v) is 10.2. The second kappa shape index (κ2) is 6.77. The highest BCUT2D eigenvalue weighted by Crippen LogP contribution is 2.25. The number of anilines is 1. The van der Waals surface area contributed by atoms with Gasteiger partial charge in [-0.05, 0) is 30.3 Å². The minimum Gasteiger partial charge on any atom is -0.360 e. The predicted octanol–water partition coefficient (Wildman–Crippen LogP) is 1.53. The number of sulfonamides is 1. The lowest BCUT2D eigenvalue weighted by atomic mass is 9.97. The van der Waals surface area contributed by atoms with Gasteiger partial charge in [0.15, 0.2) is 0 Å². The van der Waals surface area contributed by atoms with E-state index in [0.717, 1.165) is 10.9 Å². The second-order valence-electron chi connectivity index (χ2n) is 6.71. The number of carbonyl (C=O) groups excluding carboxylic acids is 2. The molecule has 0 atom stereocenters. The number of aromatic amines is 1. The molecule has 2 aromatic carbocycles. The van der Waals surface area contributed by atoms with E-state index >= 15 is 0 Å². The number of aromatic nitrogens is 1. The highest BCUT2D eigenvalue weighted by molar-refractivity contribution is 7.89.